The van der Waals surface area contributed by atoms with Gasteiger partial charge in [-0.25, -0.2) is 13.2 Å². The smallest absolute Gasteiger partial charge is 0.410 e. The number of rotatable bonds is 3. The topological polar surface area (TPSA) is 110 Å². The van der Waals surface area contributed by atoms with Gasteiger partial charge in [0.15, 0.2) is 0 Å². The van der Waals surface area contributed by atoms with Crippen molar-refractivity contribution in [2.24, 2.45) is 5.41 Å². The Hall–Kier alpha value is -2.20. The Morgan fingerprint density at radius 1 is 1.10 bits per heavy atom. The average Bonchev–Trinajstić information content (AvgIpc) is 3.25. The van der Waals surface area contributed by atoms with Crippen LogP contribution in [0.15, 0.2) is 29.2 Å². The molecule has 2 atom stereocenters. The van der Waals surface area contributed by atoms with Crippen LogP contribution < -0.4 is 0 Å². The van der Waals surface area contributed by atoms with Gasteiger partial charge in [0.1, 0.15) is 5.60 Å². The Bertz CT molecular complexity index is 995. The van der Waals surface area contributed by atoms with Crippen LogP contribution in [0.4, 0.5) is 10.5 Å². The van der Waals surface area contributed by atoms with Crippen LogP contribution >= 0.6 is 0 Å². The summed E-state index contributed by atoms with van der Waals surface area (Å²) >= 11 is 0. The predicted molar refractivity (Wildman–Crippen MR) is 113 cm³/mol. The highest BCUT2D eigenvalue weighted by atomic mass is 32.2. The SMILES string of the molecule is CC(C)(C)OC(=O)N1CCC2(CN2S(=O)(=O)c2ccc([N+](=O)[O-])cc2)C2(CCCC2)C1. The maximum Gasteiger partial charge on any atom is 0.410 e. The molecule has 4 rings (SSSR count). The summed E-state index contributed by atoms with van der Waals surface area (Å²) in [4.78, 5) is 24.8. The Labute approximate surface area is 182 Å². The third-order valence-electron chi connectivity index (χ3n) is 6.90. The number of piperidine rings is 1. The summed E-state index contributed by atoms with van der Waals surface area (Å²) in [6, 6.07) is 5.05. The lowest BCUT2D eigenvalue weighted by Gasteiger charge is -2.47. The van der Waals surface area contributed by atoms with Crippen molar-refractivity contribution in [2.45, 2.75) is 68.9 Å². The summed E-state index contributed by atoms with van der Waals surface area (Å²) in [5.74, 6) is 0. The maximum absolute atomic E-state index is 13.3. The number of likely N-dealkylation sites (tertiary alicyclic amines) is 1. The third kappa shape index (κ3) is 3.69. The number of hydrogen-bond donors (Lipinski definition) is 0. The van der Waals surface area contributed by atoms with E-state index in [9.17, 15) is 23.3 Å². The number of ether oxygens (including phenoxy) is 1. The van der Waals surface area contributed by atoms with E-state index in [4.69, 9.17) is 4.74 Å². The van der Waals surface area contributed by atoms with Gasteiger partial charge in [-0.15, -0.1) is 0 Å². The zero-order valence-corrected chi connectivity index (χ0v) is 19.0. The Kier molecular flexibility index (Phi) is 5.09. The molecular formula is C21H29N3O6S. The molecule has 31 heavy (non-hydrogen) atoms. The largest absolute Gasteiger partial charge is 0.444 e. The fourth-order valence-corrected chi connectivity index (χ4v) is 7.22. The standard InChI is InChI=1S/C21H29N3O6S/c1-19(2,3)30-18(25)22-13-12-21(20(14-22)10-4-5-11-20)15-23(21)31(28,29)17-8-6-16(7-9-17)24(26)27/h6-9H,4-5,10-15H2,1-3H3. The zero-order valence-electron chi connectivity index (χ0n) is 18.2. The molecule has 3 fully saturated rings. The van der Waals surface area contributed by atoms with Crippen LogP contribution in [0, 0.1) is 15.5 Å². The van der Waals surface area contributed by atoms with Crippen LogP contribution in [0.5, 0.6) is 0 Å². The predicted octanol–water partition coefficient (Wildman–Crippen LogP) is 3.54. The minimum Gasteiger partial charge on any atom is -0.444 e. The molecule has 1 amide bonds. The van der Waals surface area contributed by atoms with Crippen molar-refractivity contribution >= 4 is 21.8 Å². The molecule has 0 bridgehead atoms. The number of amides is 1. The molecule has 10 heteroatoms. The van der Waals surface area contributed by atoms with Gasteiger partial charge in [0, 0.05) is 37.2 Å². The number of carbonyl (C=O) groups is 1. The van der Waals surface area contributed by atoms with Crippen LogP contribution in [0.1, 0.15) is 52.9 Å². The minimum absolute atomic E-state index is 0.0673. The summed E-state index contributed by atoms with van der Waals surface area (Å²) in [5, 5.41) is 10.9. The Balaban J connectivity index is 1.58. The number of benzene rings is 1. The fraction of sp³-hybridized carbons (Fsp3) is 0.667. The number of nitro groups is 1. The fourth-order valence-electron chi connectivity index (χ4n) is 5.35. The molecule has 0 N–H and O–H groups in total. The molecule has 1 aromatic rings. The summed E-state index contributed by atoms with van der Waals surface area (Å²) in [6.45, 7) is 6.87. The van der Waals surface area contributed by atoms with Gasteiger partial charge in [-0.05, 0) is 52.2 Å². The van der Waals surface area contributed by atoms with Crippen LogP contribution in [-0.4, -0.2) is 59.4 Å². The highest BCUT2D eigenvalue weighted by Crippen LogP contribution is 2.61. The summed E-state index contributed by atoms with van der Waals surface area (Å²) < 4.78 is 33.8. The van der Waals surface area contributed by atoms with E-state index in [1.54, 1.807) is 9.21 Å². The minimum atomic E-state index is -3.77. The van der Waals surface area contributed by atoms with Gasteiger partial charge in [0.05, 0.1) is 15.4 Å². The molecule has 2 heterocycles. The summed E-state index contributed by atoms with van der Waals surface area (Å²) in [7, 11) is -3.77. The Morgan fingerprint density at radius 2 is 1.71 bits per heavy atom. The molecule has 0 aromatic heterocycles. The highest BCUT2D eigenvalue weighted by molar-refractivity contribution is 7.89. The molecule has 1 saturated carbocycles. The van der Waals surface area contributed by atoms with Crippen molar-refractivity contribution in [2.75, 3.05) is 19.6 Å². The van der Waals surface area contributed by atoms with Gasteiger partial charge in [0.25, 0.3) is 5.69 Å². The number of sulfonamides is 1. The van der Waals surface area contributed by atoms with Crippen molar-refractivity contribution in [3.63, 3.8) is 0 Å². The van der Waals surface area contributed by atoms with E-state index in [0.29, 0.717) is 26.1 Å². The first-order valence-corrected chi connectivity index (χ1v) is 12.1. The molecule has 170 valence electrons. The first kappa shape index (κ1) is 22.0. The number of non-ortho nitro benzene ring substituents is 1. The van der Waals surface area contributed by atoms with Crippen molar-refractivity contribution in [1.29, 1.82) is 0 Å². The molecule has 1 aliphatic carbocycles. The Morgan fingerprint density at radius 3 is 2.26 bits per heavy atom. The van der Waals surface area contributed by atoms with Gasteiger partial charge >= 0.3 is 6.09 Å². The average molecular weight is 452 g/mol. The number of fused-ring (bicyclic) bond motifs is 1. The summed E-state index contributed by atoms with van der Waals surface area (Å²) in [5.41, 5.74) is -1.50. The third-order valence-corrected chi connectivity index (χ3v) is 8.83. The number of nitro benzene ring substituents is 1. The van der Waals surface area contributed by atoms with E-state index in [1.165, 1.54) is 24.3 Å². The molecular weight excluding hydrogens is 422 g/mol. The highest BCUT2D eigenvalue weighted by Gasteiger charge is 2.71. The van der Waals surface area contributed by atoms with Crippen molar-refractivity contribution in [3.05, 3.63) is 34.4 Å². The quantitative estimate of drug-likeness (QED) is 0.395. The van der Waals surface area contributed by atoms with Crippen molar-refractivity contribution in [1.82, 2.24) is 9.21 Å². The number of hydrogen-bond acceptors (Lipinski definition) is 6. The molecule has 0 radical (unpaired) electrons. The molecule has 3 aliphatic rings. The molecule has 2 unspecified atom stereocenters. The van der Waals surface area contributed by atoms with Crippen LogP contribution in [0.3, 0.4) is 0 Å². The molecule has 9 nitrogen and oxygen atoms in total. The second-order valence-corrected chi connectivity index (χ2v) is 11.8. The second kappa shape index (κ2) is 7.16. The van der Waals surface area contributed by atoms with Gasteiger partial charge in [0.2, 0.25) is 10.0 Å². The monoisotopic (exact) mass is 451 g/mol. The second-order valence-electron chi connectivity index (χ2n) is 9.93. The molecule has 2 aliphatic heterocycles. The first-order chi connectivity index (χ1) is 14.4. The van der Waals surface area contributed by atoms with Gasteiger partial charge in [-0.3, -0.25) is 10.1 Å². The van der Waals surface area contributed by atoms with E-state index in [-0.39, 0.29) is 22.1 Å². The molecule has 2 saturated heterocycles. The van der Waals surface area contributed by atoms with Crippen LogP contribution in [0.25, 0.3) is 0 Å². The van der Waals surface area contributed by atoms with E-state index < -0.39 is 26.1 Å². The van der Waals surface area contributed by atoms with E-state index in [0.717, 1.165) is 25.7 Å². The van der Waals surface area contributed by atoms with Crippen LogP contribution in [-0.2, 0) is 14.8 Å². The lowest BCUT2D eigenvalue weighted by atomic mass is 9.69. The summed E-state index contributed by atoms with van der Waals surface area (Å²) in [6.07, 6.45) is 3.99. The molecule has 2 spiro atoms. The van der Waals surface area contributed by atoms with E-state index in [1.807, 2.05) is 20.8 Å². The van der Waals surface area contributed by atoms with Crippen molar-refractivity contribution < 1.29 is 22.9 Å². The number of nitrogens with zero attached hydrogens (tertiary/aromatic N) is 3. The lowest BCUT2D eigenvalue weighted by Crippen LogP contribution is -2.57. The van der Waals surface area contributed by atoms with Gasteiger partial charge in [-0.2, -0.15) is 4.31 Å². The van der Waals surface area contributed by atoms with Crippen LogP contribution in [0.2, 0.25) is 0 Å². The van der Waals surface area contributed by atoms with Crippen molar-refractivity contribution in [3.8, 4) is 0 Å². The molecule has 1 aromatic carbocycles. The zero-order chi connectivity index (χ0) is 22.7. The van der Waals surface area contributed by atoms with E-state index >= 15 is 0 Å². The lowest BCUT2D eigenvalue weighted by molar-refractivity contribution is -0.384. The normalized spacial score (nSPS) is 27.5. The first-order valence-electron chi connectivity index (χ1n) is 10.7. The van der Waals surface area contributed by atoms with Gasteiger partial charge < -0.3 is 9.64 Å². The van der Waals surface area contributed by atoms with Gasteiger partial charge in [-0.1, -0.05) is 12.8 Å². The maximum atomic E-state index is 13.3. The number of carbonyl (C=O) groups excluding carboxylic acids is 1. The van der Waals surface area contributed by atoms with E-state index in [2.05, 4.69) is 0 Å².